The number of nitro benzene ring substituents is 1. The third-order valence-electron chi connectivity index (χ3n) is 4.30. The monoisotopic (exact) mass is 441 g/mol. The molecular weight excluding hydrogens is 426 g/mol. The van der Waals surface area contributed by atoms with Gasteiger partial charge in [-0.25, -0.2) is 0 Å². The molecule has 9 nitrogen and oxygen atoms in total. The van der Waals surface area contributed by atoms with Crippen LogP contribution >= 0.6 is 11.3 Å². The molecule has 156 valence electrons. The number of hydrogen-bond donors (Lipinski definition) is 2. The predicted octanol–water partition coefficient (Wildman–Crippen LogP) is 4.90. The third-order valence-corrected chi connectivity index (χ3v) is 5.38. The number of nitriles is 1. The van der Waals surface area contributed by atoms with E-state index in [9.17, 15) is 15.4 Å². The number of hydrogen-bond acceptors (Lipinski definition) is 9. The van der Waals surface area contributed by atoms with Gasteiger partial charge in [-0.15, -0.1) is 11.3 Å². The Morgan fingerprint density at radius 1 is 1.09 bits per heavy atom. The first-order chi connectivity index (χ1) is 15.5. The van der Waals surface area contributed by atoms with Crippen LogP contribution < -0.4 is 11.1 Å². The Bertz CT molecular complexity index is 1360. The Labute approximate surface area is 186 Å². The minimum atomic E-state index is -0.433. The largest absolute Gasteiger partial charge is 0.368 e. The number of anilines is 3. The average molecular weight is 441 g/mol. The molecule has 0 bridgehead atoms. The van der Waals surface area contributed by atoms with Crippen LogP contribution in [-0.2, 0) is 0 Å². The van der Waals surface area contributed by atoms with E-state index < -0.39 is 4.92 Å². The second-order valence-electron chi connectivity index (χ2n) is 6.51. The number of nitro groups is 1. The van der Waals surface area contributed by atoms with Crippen molar-refractivity contribution in [2.75, 3.05) is 11.1 Å². The van der Waals surface area contributed by atoms with E-state index in [4.69, 9.17) is 5.73 Å². The number of rotatable bonds is 6. The molecule has 0 aliphatic carbocycles. The van der Waals surface area contributed by atoms with Gasteiger partial charge < -0.3 is 11.1 Å². The molecule has 0 spiro atoms. The van der Waals surface area contributed by atoms with Gasteiger partial charge in [-0.3, -0.25) is 10.1 Å². The van der Waals surface area contributed by atoms with Crippen LogP contribution in [-0.4, -0.2) is 19.9 Å². The highest BCUT2D eigenvalue weighted by Crippen LogP contribution is 2.32. The van der Waals surface area contributed by atoms with E-state index in [1.54, 1.807) is 18.2 Å². The number of aromatic nitrogens is 3. The van der Waals surface area contributed by atoms with Gasteiger partial charge in [0.05, 0.1) is 10.5 Å². The summed E-state index contributed by atoms with van der Waals surface area (Å²) in [6, 6.07) is 21.5. The van der Waals surface area contributed by atoms with Gasteiger partial charge in [-0.2, -0.15) is 20.2 Å². The number of para-hydroxylation sites is 1. The van der Waals surface area contributed by atoms with E-state index in [0.29, 0.717) is 0 Å². The zero-order valence-electron chi connectivity index (χ0n) is 16.5. The van der Waals surface area contributed by atoms with Crippen LogP contribution in [0.15, 0.2) is 66.7 Å². The van der Waals surface area contributed by atoms with Crippen molar-refractivity contribution in [2.45, 2.75) is 0 Å². The SMILES string of the molecule is N#C/C(=C\c1ccc(-c2cccc([N+](=O)[O-])c2)s1)c1nc(N)nc(Nc2ccccc2)n1. The Balaban J connectivity index is 1.64. The number of thiophene rings is 1. The molecule has 4 aromatic rings. The summed E-state index contributed by atoms with van der Waals surface area (Å²) in [7, 11) is 0. The molecule has 0 atom stereocenters. The van der Waals surface area contributed by atoms with Crippen LogP contribution in [0.5, 0.6) is 0 Å². The van der Waals surface area contributed by atoms with E-state index in [0.717, 1.165) is 21.0 Å². The van der Waals surface area contributed by atoms with Gasteiger partial charge in [-0.05, 0) is 35.9 Å². The summed E-state index contributed by atoms with van der Waals surface area (Å²) in [6.07, 6.45) is 1.65. The number of allylic oxidation sites excluding steroid dienone is 1. The van der Waals surface area contributed by atoms with Crippen molar-refractivity contribution in [3.8, 4) is 16.5 Å². The van der Waals surface area contributed by atoms with Gasteiger partial charge in [0.1, 0.15) is 6.07 Å². The normalized spacial score (nSPS) is 11.0. The molecule has 0 aliphatic rings. The molecule has 32 heavy (non-hydrogen) atoms. The Morgan fingerprint density at radius 2 is 1.91 bits per heavy atom. The lowest BCUT2D eigenvalue weighted by Gasteiger charge is -2.06. The van der Waals surface area contributed by atoms with Crippen LogP contribution in [0.2, 0.25) is 0 Å². The Hall–Kier alpha value is -4.62. The molecule has 0 saturated heterocycles. The number of non-ortho nitro benzene ring substituents is 1. The van der Waals surface area contributed by atoms with Crippen molar-refractivity contribution in [3.63, 3.8) is 0 Å². The van der Waals surface area contributed by atoms with Crippen LogP contribution in [0, 0.1) is 21.4 Å². The topological polar surface area (TPSA) is 144 Å². The second-order valence-corrected chi connectivity index (χ2v) is 7.63. The minimum Gasteiger partial charge on any atom is -0.368 e. The van der Waals surface area contributed by atoms with E-state index in [2.05, 4.69) is 26.3 Å². The van der Waals surface area contributed by atoms with Crippen molar-refractivity contribution >= 4 is 46.3 Å². The van der Waals surface area contributed by atoms with Gasteiger partial charge >= 0.3 is 0 Å². The first-order valence-corrected chi connectivity index (χ1v) is 10.1. The fourth-order valence-corrected chi connectivity index (χ4v) is 3.81. The van der Waals surface area contributed by atoms with Crippen molar-refractivity contribution in [3.05, 3.63) is 87.5 Å². The molecule has 0 fully saturated rings. The zero-order valence-corrected chi connectivity index (χ0v) is 17.3. The fourth-order valence-electron chi connectivity index (χ4n) is 2.87. The Kier molecular flexibility index (Phi) is 5.83. The summed E-state index contributed by atoms with van der Waals surface area (Å²) in [6.45, 7) is 0. The molecule has 0 aliphatic heterocycles. The van der Waals surface area contributed by atoms with E-state index in [-0.39, 0.29) is 29.0 Å². The van der Waals surface area contributed by atoms with Gasteiger partial charge in [0, 0.05) is 27.6 Å². The van der Waals surface area contributed by atoms with Crippen molar-refractivity contribution in [2.24, 2.45) is 0 Å². The lowest BCUT2D eigenvalue weighted by Crippen LogP contribution is -2.06. The zero-order chi connectivity index (χ0) is 22.5. The standard InChI is InChI=1S/C22H15N7O2S/c23-13-15(20-26-21(24)28-22(27-20)25-16-6-2-1-3-7-16)12-18-9-10-19(32-18)14-5-4-8-17(11-14)29(30)31/h1-12H,(H3,24,25,26,27,28)/b15-12+. The molecule has 10 heteroatoms. The fraction of sp³-hybridized carbons (Fsp3) is 0. The van der Waals surface area contributed by atoms with Crippen molar-refractivity contribution in [1.29, 1.82) is 5.26 Å². The first-order valence-electron chi connectivity index (χ1n) is 9.32. The molecular formula is C22H15N7O2S. The molecule has 2 aromatic heterocycles. The maximum atomic E-state index is 11.0. The molecule has 0 radical (unpaired) electrons. The van der Waals surface area contributed by atoms with Crippen molar-refractivity contribution in [1.82, 2.24) is 15.0 Å². The molecule has 0 amide bonds. The summed E-state index contributed by atoms with van der Waals surface area (Å²) < 4.78 is 0. The quantitative estimate of drug-likeness (QED) is 0.244. The van der Waals surface area contributed by atoms with E-state index in [1.165, 1.54) is 23.5 Å². The highest BCUT2D eigenvalue weighted by Gasteiger charge is 2.12. The molecule has 3 N–H and O–H groups in total. The maximum absolute atomic E-state index is 11.0. The van der Waals surface area contributed by atoms with Crippen LogP contribution in [0.3, 0.4) is 0 Å². The summed E-state index contributed by atoms with van der Waals surface area (Å²) in [5.74, 6) is 0.352. The van der Waals surface area contributed by atoms with E-state index in [1.807, 2.05) is 42.5 Å². The first kappa shape index (κ1) is 20.6. The number of nitrogen functional groups attached to an aromatic ring is 1. The van der Waals surface area contributed by atoms with Crippen LogP contribution in [0.4, 0.5) is 23.3 Å². The molecule has 2 heterocycles. The summed E-state index contributed by atoms with van der Waals surface area (Å²) >= 11 is 1.39. The Morgan fingerprint density at radius 3 is 2.66 bits per heavy atom. The predicted molar refractivity (Wildman–Crippen MR) is 124 cm³/mol. The van der Waals surface area contributed by atoms with E-state index >= 15 is 0 Å². The summed E-state index contributed by atoms with van der Waals surface area (Å²) in [5.41, 5.74) is 7.55. The third kappa shape index (κ3) is 4.75. The van der Waals surface area contributed by atoms with Gasteiger partial charge in [-0.1, -0.05) is 30.3 Å². The van der Waals surface area contributed by atoms with Gasteiger partial charge in [0.2, 0.25) is 11.9 Å². The van der Waals surface area contributed by atoms with Crippen molar-refractivity contribution < 1.29 is 4.92 Å². The van der Waals surface area contributed by atoms with Gasteiger partial charge in [0.15, 0.2) is 5.82 Å². The number of nitrogens with zero attached hydrogens (tertiary/aromatic N) is 5. The summed E-state index contributed by atoms with van der Waals surface area (Å²) in [5, 5.41) is 23.8. The molecule has 0 unspecified atom stereocenters. The molecule has 2 aromatic carbocycles. The highest BCUT2D eigenvalue weighted by molar-refractivity contribution is 7.16. The maximum Gasteiger partial charge on any atom is 0.270 e. The average Bonchev–Trinajstić information content (AvgIpc) is 3.26. The lowest BCUT2D eigenvalue weighted by molar-refractivity contribution is -0.384. The number of benzene rings is 2. The smallest absolute Gasteiger partial charge is 0.270 e. The molecule has 0 saturated carbocycles. The number of nitrogens with one attached hydrogen (secondary N) is 1. The minimum absolute atomic E-state index is 0.0157. The van der Waals surface area contributed by atoms with Crippen LogP contribution in [0.25, 0.3) is 22.1 Å². The van der Waals surface area contributed by atoms with Crippen LogP contribution in [0.1, 0.15) is 10.7 Å². The molecule has 4 rings (SSSR count). The highest BCUT2D eigenvalue weighted by atomic mass is 32.1. The second kappa shape index (κ2) is 9.03. The summed E-state index contributed by atoms with van der Waals surface area (Å²) in [4.78, 5) is 24.7. The van der Waals surface area contributed by atoms with Gasteiger partial charge in [0.25, 0.3) is 5.69 Å². The lowest BCUT2D eigenvalue weighted by atomic mass is 10.1. The number of nitrogens with two attached hydrogens (primary N) is 1.